The van der Waals surface area contributed by atoms with Gasteiger partial charge in [-0.2, -0.15) is 0 Å². The molecule has 1 aromatic heterocycles. The first kappa shape index (κ1) is 13.8. The Morgan fingerprint density at radius 3 is 2.42 bits per heavy atom. The van der Waals surface area contributed by atoms with E-state index >= 15 is 0 Å². The van der Waals surface area contributed by atoms with E-state index in [4.69, 9.17) is 5.73 Å². The Morgan fingerprint density at radius 2 is 1.89 bits per heavy atom. The lowest BCUT2D eigenvalue weighted by Crippen LogP contribution is -2.12. The van der Waals surface area contributed by atoms with Crippen molar-refractivity contribution >= 4 is 32.2 Å². The molecule has 0 aliphatic carbocycles. The van der Waals surface area contributed by atoms with Crippen molar-refractivity contribution in [2.75, 3.05) is 10.5 Å². The number of benzene rings is 1. The van der Waals surface area contributed by atoms with Gasteiger partial charge in [0.1, 0.15) is 0 Å². The number of aryl methyl sites for hydroxylation is 3. The number of nitrogens with one attached hydrogen (secondary N) is 1. The number of hydrogen-bond acceptors (Lipinski definition) is 5. The zero-order valence-electron chi connectivity index (χ0n) is 10.9. The monoisotopic (exact) mass is 297 g/mol. The van der Waals surface area contributed by atoms with Gasteiger partial charge in [0.05, 0.1) is 5.69 Å². The average Bonchev–Trinajstić information content (AvgIpc) is 2.63. The average molecular weight is 297 g/mol. The SMILES string of the molecule is Cc1ccc(NS(=O)(=O)c2sc(N)nc2C)cc1C. The number of nitrogens with zero attached hydrogens (tertiary/aromatic N) is 1. The molecule has 0 atom stereocenters. The van der Waals surface area contributed by atoms with E-state index in [-0.39, 0.29) is 9.34 Å². The van der Waals surface area contributed by atoms with E-state index in [1.165, 1.54) is 0 Å². The second kappa shape index (κ2) is 4.82. The van der Waals surface area contributed by atoms with E-state index in [9.17, 15) is 8.42 Å². The third-order valence-corrected chi connectivity index (χ3v) is 5.75. The van der Waals surface area contributed by atoms with Crippen LogP contribution in [-0.2, 0) is 10.0 Å². The topological polar surface area (TPSA) is 85.1 Å². The first-order valence-corrected chi connectivity index (χ1v) is 7.92. The summed E-state index contributed by atoms with van der Waals surface area (Å²) in [4.78, 5) is 3.93. The molecule has 0 aliphatic heterocycles. The molecule has 0 aliphatic rings. The number of rotatable bonds is 3. The summed E-state index contributed by atoms with van der Waals surface area (Å²) >= 11 is 0.964. The second-order valence-electron chi connectivity index (χ2n) is 4.33. The van der Waals surface area contributed by atoms with Gasteiger partial charge in [0, 0.05) is 5.69 Å². The highest BCUT2D eigenvalue weighted by Crippen LogP contribution is 2.27. The van der Waals surface area contributed by atoms with Crippen molar-refractivity contribution < 1.29 is 8.42 Å². The molecule has 1 heterocycles. The Morgan fingerprint density at radius 1 is 1.21 bits per heavy atom. The maximum atomic E-state index is 12.2. The van der Waals surface area contributed by atoms with E-state index in [1.807, 2.05) is 19.9 Å². The predicted octanol–water partition coefficient (Wildman–Crippen LogP) is 2.45. The molecule has 5 nitrogen and oxygen atoms in total. The molecule has 102 valence electrons. The molecule has 19 heavy (non-hydrogen) atoms. The molecule has 0 saturated heterocycles. The molecule has 0 saturated carbocycles. The Kier molecular flexibility index (Phi) is 3.51. The minimum Gasteiger partial charge on any atom is -0.375 e. The van der Waals surface area contributed by atoms with Crippen LogP contribution in [0, 0.1) is 20.8 Å². The van der Waals surface area contributed by atoms with Crippen molar-refractivity contribution in [2.24, 2.45) is 0 Å². The molecule has 0 bridgehead atoms. The maximum Gasteiger partial charge on any atom is 0.273 e. The second-order valence-corrected chi connectivity index (χ2v) is 7.24. The Hall–Kier alpha value is -1.60. The van der Waals surface area contributed by atoms with Crippen LogP contribution in [0.2, 0.25) is 0 Å². The van der Waals surface area contributed by atoms with Crippen molar-refractivity contribution in [3.8, 4) is 0 Å². The van der Waals surface area contributed by atoms with Crippen LogP contribution in [0.3, 0.4) is 0 Å². The number of anilines is 2. The fourth-order valence-corrected chi connectivity index (χ4v) is 4.01. The molecule has 0 amide bonds. The van der Waals surface area contributed by atoms with Gasteiger partial charge < -0.3 is 5.73 Å². The highest BCUT2D eigenvalue weighted by Gasteiger charge is 2.21. The molecule has 7 heteroatoms. The lowest BCUT2D eigenvalue weighted by molar-refractivity contribution is 0.602. The number of nitrogen functional groups attached to an aromatic ring is 1. The Labute approximate surface area is 116 Å². The van der Waals surface area contributed by atoms with Crippen molar-refractivity contribution in [3.05, 3.63) is 35.0 Å². The molecular weight excluding hydrogens is 282 g/mol. The molecule has 1 aromatic carbocycles. The fraction of sp³-hybridized carbons (Fsp3) is 0.250. The zero-order valence-corrected chi connectivity index (χ0v) is 12.5. The van der Waals surface area contributed by atoms with Crippen LogP contribution in [0.4, 0.5) is 10.8 Å². The van der Waals surface area contributed by atoms with E-state index < -0.39 is 10.0 Å². The predicted molar refractivity (Wildman–Crippen MR) is 78.0 cm³/mol. The van der Waals surface area contributed by atoms with Crippen molar-refractivity contribution in [1.29, 1.82) is 0 Å². The smallest absolute Gasteiger partial charge is 0.273 e. The third kappa shape index (κ3) is 2.87. The molecule has 3 N–H and O–H groups in total. The first-order valence-electron chi connectivity index (χ1n) is 5.62. The standard InChI is InChI=1S/C12H15N3O2S2/c1-7-4-5-10(6-8(7)2)15-19(16,17)11-9(3)14-12(13)18-11/h4-6,15H,1-3H3,(H2,13,14). The van der Waals surface area contributed by atoms with Crippen LogP contribution >= 0.6 is 11.3 Å². The van der Waals surface area contributed by atoms with Crippen LogP contribution in [0.5, 0.6) is 0 Å². The van der Waals surface area contributed by atoms with Crippen molar-refractivity contribution in [1.82, 2.24) is 4.98 Å². The number of sulfonamides is 1. The minimum absolute atomic E-state index is 0.156. The van der Waals surface area contributed by atoms with Gasteiger partial charge in [-0.15, -0.1) is 0 Å². The lowest BCUT2D eigenvalue weighted by Gasteiger charge is -2.08. The summed E-state index contributed by atoms with van der Waals surface area (Å²) in [5.74, 6) is 0. The number of hydrogen-bond donors (Lipinski definition) is 2. The minimum atomic E-state index is -3.63. The summed E-state index contributed by atoms with van der Waals surface area (Å²) in [5, 5.41) is 0.248. The quantitative estimate of drug-likeness (QED) is 0.911. The molecule has 0 fully saturated rings. The number of aromatic nitrogens is 1. The summed E-state index contributed by atoms with van der Waals surface area (Å²) < 4.78 is 27.2. The van der Waals surface area contributed by atoms with Gasteiger partial charge in [-0.25, -0.2) is 13.4 Å². The first-order chi connectivity index (χ1) is 8.79. The maximum absolute atomic E-state index is 12.2. The molecule has 2 rings (SSSR count). The summed E-state index contributed by atoms with van der Waals surface area (Å²) in [6.45, 7) is 5.53. The van der Waals surface area contributed by atoms with Crippen LogP contribution in [0.15, 0.2) is 22.4 Å². The van der Waals surface area contributed by atoms with Crippen molar-refractivity contribution in [3.63, 3.8) is 0 Å². The highest BCUT2D eigenvalue weighted by molar-refractivity contribution is 7.94. The fourth-order valence-electron chi connectivity index (χ4n) is 1.66. The van der Waals surface area contributed by atoms with Gasteiger partial charge in [0.25, 0.3) is 10.0 Å². The summed E-state index contributed by atoms with van der Waals surface area (Å²) in [7, 11) is -3.63. The van der Waals surface area contributed by atoms with Gasteiger partial charge in [-0.3, -0.25) is 4.72 Å². The molecule has 0 spiro atoms. The molecule has 2 aromatic rings. The molecule has 0 unspecified atom stereocenters. The summed E-state index contributed by atoms with van der Waals surface area (Å²) in [6, 6.07) is 5.41. The van der Waals surface area contributed by atoms with Gasteiger partial charge in [-0.05, 0) is 44.0 Å². The van der Waals surface area contributed by atoms with Gasteiger partial charge in [0.15, 0.2) is 9.34 Å². The Bertz CT molecular complexity index is 721. The Balaban J connectivity index is 2.36. The number of thiazole rings is 1. The number of nitrogens with two attached hydrogens (primary N) is 1. The van der Waals surface area contributed by atoms with Crippen molar-refractivity contribution in [2.45, 2.75) is 25.0 Å². The van der Waals surface area contributed by atoms with Crippen LogP contribution in [0.25, 0.3) is 0 Å². The highest BCUT2D eigenvalue weighted by atomic mass is 32.2. The van der Waals surface area contributed by atoms with E-state index in [2.05, 4.69) is 9.71 Å². The third-order valence-electron chi connectivity index (χ3n) is 2.77. The summed E-state index contributed by atoms with van der Waals surface area (Å²) in [5.41, 5.74) is 8.62. The molecule has 0 radical (unpaired) electrons. The van der Waals surface area contributed by atoms with Crippen LogP contribution in [-0.4, -0.2) is 13.4 Å². The van der Waals surface area contributed by atoms with Gasteiger partial charge >= 0.3 is 0 Å². The lowest BCUT2D eigenvalue weighted by atomic mass is 10.1. The summed E-state index contributed by atoms with van der Waals surface area (Å²) in [6.07, 6.45) is 0. The van der Waals surface area contributed by atoms with E-state index in [0.29, 0.717) is 11.4 Å². The van der Waals surface area contributed by atoms with Gasteiger partial charge in [-0.1, -0.05) is 17.4 Å². The van der Waals surface area contributed by atoms with Gasteiger partial charge in [0.2, 0.25) is 0 Å². The van der Waals surface area contributed by atoms with Crippen LogP contribution < -0.4 is 10.5 Å². The molecular formula is C12H15N3O2S2. The van der Waals surface area contributed by atoms with E-state index in [0.717, 1.165) is 22.5 Å². The zero-order chi connectivity index (χ0) is 14.2. The largest absolute Gasteiger partial charge is 0.375 e. The van der Waals surface area contributed by atoms with E-state index in [1.54, 1.807) is 19.1 Å². The van der Waals surface area contributed by atoms with Crippen LogP contribution in [0.1, 0.15) is 16.8 Å². The normalized spacial score (nSPS) is 11.5.